The van der Waals surface area contributed by atoms with Crippen LogP contribution in [0.15, 0.2) is 4.90 Å². The Balaban J connectivity index is 2.30. The van der Waals surface area contributed by atoms with E-state index in [4.69, 9.17) is 5.73 Å². The van der Waals surface area contributed by atoms with Crippen LogP contribution in [-0.2, 0) is 0 Å². The zero-order chi connectivity index (χ0) is 15.4. The van der Waals surface area contributed by atoms with Gasteiger partial charge in [0, 0.05) is 26.2 Å². The number of rotatable bonds is 5. The van der Waals surface area contributed by atoms with E-state index in [1.54, 1.807) is 11.8 Å². The monoisotopic (exact) mass is 329 g/mol. The second-order valence-electron chi connectivity index (χ2n) is 5.18. The molecule has 118 valence electrons. The molecule has 2 rings (SSSR count). The number of nitrogens with one attached hydrogen (secondary N) is 1. The maximum Gasteiger partial charge on any atom is 0.263 e. The molecule has 1 saturated heterocycles. The summed E-state index contributed by atoms with van der Waals surface area (Å²) >= 11 is 3.05. The second-order valence-corrected chi connectivity index (χ2v) is 7.00. The summed E-state index contributed by atoms with van der Waals surface area (Å²) in [5.74, 6) is 0.210. The molecule has 0 spiro atoms. The minimum Gasteiger partial charge on any atom is -0.396 e. The van der Waals surface area contributed by atoms with E-state index in [2.05, 4.69) is 10.2 Å². The number of nitrogen functional groups attached to an aromatic ring is 1. The molecule has 7 heteroatoms. The van der Waals surface area contributed by atoms with Crippen LogP contribution in [0.25, 0.3) is 0 Å². The number of amides is 1. The molecule has 1 aliphatic heterocycles. The predicted molar refractivity (Wildman–Crippen MR) is 90.5 cm³/mol. The Morgan fingerprint density at radius 3 is 3.00 bits per heavy atom. The van der Waals surface area contributed by atoms with Crippen molar-refractivity contribution < 1.29 is 9.90 Å². The Hall–Kier alpha value is -0.920. The number of hydrogen-bond donors (Lipinski definition) is 3. The van der Waals surface area contributed by atoms with E-state index >= 15 is 0 Å². The molecular formula is C14H23N3O2S2. The first-order chi connectivity index (χ1) is 10.1. The average molecular weight is 329 g/mol. The van der Waals surface area contributed by atoms with Crippen molar-refractivity contribution in [2.75, 3.05) is 43.1 Å². The molecule has 1 atom stereocenters. The second kappa shape index (κ2) is 7.38. The largest absolute Gasteiger partial charge is 0.396 e. The van der Waals surface area contributed by atoms with Crippen LogP contribution in [0.4, 0.5) is 10.7 Å². The van der Waals surface area contributed by atoms with Crippen LogP contribution >= 0.6 is 23.1 Å². The maximum atomic E-state index is 12.1. The first kappa shape index (κ1) is 16.5. The van der Waals surface area contributed by atoms with Gasteiger partial charge < -0.3 is 21.1 Å². The van der Waals surface area contributed by atoms with Crippen molar-refractivity contribution in [2.24, 2.45) is 5.92 Å². The molecule has 0 aliphatic carbocycles. The quantitative estimate of drug-likeness (QED) is 0.720. The van der Waals surface area contributed by atoms with E-state index in [9.17, 15) is 9.90 Å². The number of carbonyl (C=O) groups excluding carboxylic acids is 1. The number of nitrogens with two attached hydrogens (primary N) is 1. The summed E-state index contributed by atoms with van der Waals surface area (Å²) in [5.41, 5.74) is 6.76. The summed E-state index contributed by atoms with van der Waals surface area (Å²) in [6.45, 7) is 4.50. The van der Waals surface area contributed by atoms with E-state index < -0.39 is 0 Å². The summed E-state index contributed by atoms with van der Waals surface area (Å²) in [5, 5.41) is 13.3. The molecule has 0 radical (unpaired) electrons. The SMILES string of the molecule is CCNC(=O)c1sc(N2CCCC(CO)C2)c(SC)c1N. The molecule has 0 bridgehead atoms. The van der Waals surface area contributed by atoms with Gasteiger partial charge in [-0.25, -0.2) is 0 Å². The number of piperidine rings is 1. The van der Waals surface area contributed by atoms with Gasteiger partial charge in [-0.2, -0.15) is 0 Å². The average Bonchev–Trinajstić information content (AvgIpc) is 2.84. The van der Waals surface area contributed by atoms with Gasteiger partial charge in [0.1, 0.15) is 9.88 Å². The Kier molecular flexibility index (Phi) is 5.78. The Morgan fingerprint density at radius 2 is 2.38 bits per heavy atom. The van der Waals surface area contributed by atoms with E-state index in [1.807, 2.05) is 13.2 Å². The molecular weight excluding hydrogens is 306 g/mol. The highest BCUT2D eigenvalue weighted by molar-refractivity contribution is 7.99. The van der Waals surface area contributed by atoms with Crippen molar-refractivity contribution in [3.8, 4) is 0 Å². The Morgan fingerprint density at radius 1 is 1.62 bits per heavy atom. The number of thiophene rings is 1. The normalized spacial score (nSPS) is 18.8. The summed E-state index contributed by atoms with van der Waals surface area (Å²) in [4.78, 5) is 16.0. The summed E-state index contributed by atoms with van der Waals surface area (Å²) < 4.78 is 0. The van der Waals surface area contributed by atoms with Crippen molar-refractivity contribution in [3.05, 3.63) is 4.88 Å². The number of nitrogens with zero attached hydrogens (tertiary/aromatic N) is 1. The third-order valence-corrected chi connectivity index (χ3v) is 5.91. The predicted octanol–water partition coefficient (Wildman–Crippen LogP) is 2.01. The molecule has 1 amide bonds. The van der Waals surface area contributed by atoms with Gasteiger partial charge in [-0.05, 0) is 31.9 Å². The van der Waals surface area contributed by atoms with E-state index in [-0.39, 0.29) is 12.5 Å². The molecule has 1 unspecified atom stereocenters. The van der Waals surface area contributed by atoms with E-state index in [1.165, 1.54) is 11.3 Å². The van der Waals surface area contributed by atoms with Crippen LogP contribution in [0.5, 0.6) is 0 Å². The Labute approximate surface area is 133 Å². The molecule has 0 saturated carbocycles. The van der Waals surface area contributed by atoms with Crippen molar-refractivity contribution in [1.82, 2.24) is 5.32 Å². The lowest BCUT2D eigenvalue weighted by Crippen LogP contribution is -2.36. The van der Waals surface area contributed by atoms with Crippen LogP contribution < -0.4 is 16.0 Å². The highest BCUT2D eigenvalue weighted by atomic mass is 32.2. The molecule has 21 heavy (non-hydrogen) atoms. The van der Waals surface area contributed by atoms with Crippen LogP contribution in [0.3, 0.4) is 0 Å². The zero-order valence-corrected chi connectivity index (χ0v) is 14.1. The van der Waals surface area contributed by atoms with Crippen LogP contribution in [-0.4, -0.2) is 43.5 Å². The molecule has 1 aliphatic rings. The molecule has 0 aromatic carbocycles. The van der Waals surface area contributed by atoms with E-state index in [0.717, 1.165) is 35.8 Å². The maximum absolute atomic E-state index is 12.1. The molecule has 1 fully saturated rings. The third-order valence-electron chi connectivity index (χ3n) is 3.69. The number of aliphatic hydroxyl groups is 1. The first-order valence-corrected chi connectivity index (χ1v) is 9.26. The number of carbonyl (C=O) groups is 1. The molecule has 5 nitrogen and oxygen atoms in total. The fraction of sp³-hybridized carbons (Fsp3) is 0.643. The molecule has 1 aromatic heterocycles. The third kappa shape index (κ3) is 3.46. The highest BCUT2D eigenvalue weighted by Crippen LogP contribution is 2.44. The smallest absolute Gasteiger partial charge is 0.263 e. The van der Waals surface area contributed by atoms with Crippen molar-refractivity contribution in [2.45, 2.75) is 24.7 Å². The van der Waals surface area contributed by atoms with Crippen LogP contribution in [0, 0.1) is 5.92 Å². The summed E-state index contributed by atoms with van der Waals surface area (Å²) in [6.07, 6.45) is 4.11. The van der Waals surface area contributed by atoms with Crippen molar-refractivity contribution >= 4 is 39.7 Å². The summed E-state index contributed by atoms with van der Waals surface area (Å²) in [7, 11) is 0. The standard InChI is InChI=1S/C14H23N3O2S2/c1-3-16-13(19)11-10(15)12(20-2)14(21-11)17-6-4-5-9(7-17)8-18/h9,18H,3-8,15H2,1-2H3,(H,16,19). The van der Waals surface area contributed by atoms with Crippen LogP contribution in [0.1, 0.15) is 29.4 Å². The summed E-state index contributed by atoms with van der Waals surface area (Å²) in [6, 6.07) is 0. The number of thioether (sulfide) groups is 1. The van der Waals surface area contributed by atoms with Crippen LogP contribution in [0.2, 0.25) is 0 Å². The minimum absolute atomic E-state index is 0.0998. The van der Waals surface area contributed by atoms with Crippen molar-refractivity contribution in [1.29, 1.82) is 0 Å². The van der Waals surface area contributed by atoms with E-state index in [0.29, 0.717) is 23.0 Å². The lowest BCUT2D eigenvalue weighted by molar-refractivity contribution is 0.0960. The molecule has 2 heterocycles. The van der Waals surface area contributed by atoms with Gasteiger partial charge in [-0.3, -0.25) is 4.79 Å². The number of aliphatic hydroxyl groups excluding tert-OH is 1. The van der Waals surface area contributed by atoms with Gasteiger partial charge in [-0.1, -0.05) is 0 Å². The molecule has 4 N–H and O–H groups in total. The highest BCUT2D eigenvalue weighted by Gasteiger charge is 2.27. The van der Waals surface area contributed by atoms with Gasteiger partial charge in [0.15, 0.2) is 0 Å². The van der Waals surface area contributed by atoms with Crippen molar-refractivity contribution in [3.63, 3.8) is 0 Å². The van der Waals surface area contributed by atoms with Gasteiger partial charge in [0.05, 0.1) is 10.6 Å². The minimum atomic E-state index is -0.0998. The number of hydrogen-bond acceptors (Lipinski definition) is 6. The van der Waals surface area contributed by atoms with Gasteiger partial charge in [0.2, 0.25) is 0 Å². The zero-order valence-electron chi connectivity index (χ0n) is 12.5. The van der Waals surface area contributed by atoms with Gasteiger partial charge in [0.25, 0.3) is 5.91 Å². The topological polar surface area (TPSA) is 78.6 Å². The fourth-order valence-electron chi connectivity index (χ4n) is 2.63. The molecule has 1 aromatic rings. The number of anilines is 2. The first-order valence-electron chi connectivity index (χ1n) is 7.22. The van der Waals surface area contributed by atoms with Gasteiger partial charge >= 0.3 is 0 Å². The fourth-order valence-corrected chi connectivity index (χ4v) is 4.76. The lowest BCUT2D eigenvalue weighted by Gasteiger charge is -2.33. The Bertz CT molecular complexity index is 505. The van der Waals surface area contributed by atoms with Gasteiger partial charge in [-0.15, -0.1) is 23.1 Å². The lowest BCUT2D eigenvalue weighted by atomic mass is 9.99.